The van der Waals surface area contributed by atoms with Crippen molar-refractivity contribution in [3.05, 3.63) is 42.0 Å². The highest BCUT2D eigenvalue weighted by molar-refractivity contribution is 5.48. The topological polar surface area (TPSA) is 29.3 Å². The lowest BCUT2D eigenvalue weighted by Crippen LogP contribution is -2.24. The second-order valence-corrected chi connectivity index (χ2v) is 4.58. The van der Waals surface area contributed by atoms with Crippen LogP contribution < -0.4 is 10.6 Å². The maximum Gasteiger partial charge on any atom is 0.0383 e. The van der Waals surface area contributed by atoms with E-state index in [1.54, 1.807) is 0 Å². The lowest BCUT2D eigenvalue weighted by molar-refractivity contribution is 0.698. The largest absolute Gasteiger partial charge is 0.368 e. The first-order valence-corrected chi connectivity index (χ1v) is 6.33. The van der Waals surface area contributed by atoms with E-state index in [1.807, 2.05) is 0 Å². The van der Waals surface area contributed by atoms with Crippen LogP contribution in [0.5, 0.6) is 0 Å². The molecule has 0 saturated carbocycles. The molecule has 94 valence electrons. The fraction of sp³-hybridized carbons (Fsp3) is 0.467. The van der Waals surface area contributed by atoms with E-state index in [1.165, 1.54) is 16.8 Å². The molecule has 0 radical (unpaired) electrons. The van der Waals surface area contributed by atoms with E-state index in [-0.39, 0.29) is 6.04 Å². The van der Waals surface area contributed by atoms with Gasteiger partial charge in [0, 0.05) is 24.8 Å². The molecule has 17 heavy (non-hydrogen) atoms. The van der Waals surface area contributed by atoms with Gasteiger partial charge in [-0.25, -0.2) is 0 Å². The van der Waals surface area contributed by atoms with Crippen LogP contribution in [-0.2, 0) is 0 Å². The number of benzene rings is 1. The van der Waals surface area contributed by atoms with Crippen LogP contribution in [0.3, 0.4) is 0 Å². The van der Waals surface area contributed by atoms with Crippen molar-refractivity contribution in [2.45, 2.75) is 33.2 Å². The second kappa shape index (κ2) is 6.45. The van der Waals surface area contributed by atoms with E-state index in [9.17, 15) is 0 Å². The lowest BCUT2D eigenvalue weighted by atomic mass is 10.0. The summed E-state index contributed by atoms with van der Waals surface area (Å²) < 4.78 is 0. The molecule has 0 aromatic heterocycles. The fourth-order valence-electron chi connectivity index (χ4n) is 1.88. The molecule has 0 aliphatic rings. The van der Waals surface area contributed by atoms with Crippen molar-refractivity contribution in [3.63, 3.8) is 0 Å². The molecule has 0 heterocycles. The van der Waals surface area contributed by atoms with Crippen LogP contribution in [0, 0.1) is 0 Å². The lowest BCUT2D eigenvalue weighted by Gasteiger charge is -2.23. The number of hydrogen-bond acceptors (Lipinski definition) is 2. The van der Waals surface area contributed by atoms with Gasteiger partial charge in [0.1, 0.15) is 0 Å². The molecule has 0 aliphatic carbocycles. The van der Waals surface area contributed by atoms with E-state index in [2.05, 4.69) is 56.5 Å². The molecule has 2 N–H and O–H groups in total. The van der Waals surface area contributed by atoms with Gasteiger partial charge in [-0.2, -0.15) is 0 Å². The van der Waals surface area contributed by atoms with Gasteiger partial charge < -0.3 is 10.6 Å². The van der Waals surface area contributed by atoms with Crippen molar-refractivity contribution < 1.29 is 0 Å². The standard InChI is InChI=1S/C15H24N2/c1-5-15(16)13-7-9-14(10-8-13)17(6-2)11-12(3)4/h7-10,15H,3,5-6,11,16H2,1-2,4H3/t15-/m0/s1. The van der Waals surface area contributed by atoms with Gasteiger partial charge >= 0.3 is 0 Å². The van der Waals surface area contributed by atoms with Gasteiger partial charge in [-0.3, -0.25) is 0 Å². The third-order valence-corrected chi connectivity index (χ3v) is 2.97. The smallest absolute Gasteiger partial charge is 0.0383 e. The number of anilines is 1. The van der Waals surface area contributed by atoms with Crippen molar-refractivity contribution in [2.24, 2.45) is 5.73 Å². The van der Waals surface area contributed by atoms with Crippen molar-refractivity contribution in [2.75, 3.05) is 18.0 Å². The summed E-state index contributed by atoms with van der Waals surface area (Å²) in [5.74, 6) is 0. The molecule has 1 aromatic rings. The van der Waals surface area contributed by atoms with Gasteiger partial charge in [-0.15, -0.1) is 0 Å². The first-order valence-electron chi connectivity index (χ1n) is 6.33. The molecule has 1 atom stereocenters. The molecule has 1 aromatic carbocycles. The summed E-state index contributed by atoms with van der Waals surface area (Å²) in [6.45, 7) is 12.2. The molecule has 0 fully saturated rings. The van der Waals surface area contributed by atoms with E-state index >= 15 is 0 Å². The molecular formula is C15H24N2. The predicted octanol–water partition coefficient (Wildman–Crippen LogP) is 3.50. The van der Waals surface area contributed by atoms with Crippen molar-refractivity contribution in [1.29, 1.82) is 0 Å². The van der Waals surface area contributed by atoms with Crippen LogP contribution in [0.25, 0.3) is 0 Å². The summed E-state index contributed by atoms with van der Waals surface area (Å²) in [7, 11) is 0. The Morgan fingerprint density at radius 2 is 1.88 bits per heavy atom. The Kier molecular flexibility index (Phi) is 5.23. The third-order valence-electron chi connectivity index (χ3n) is 2.97. The Labute approximate surface area is 105 Å². The molecule has 0 unspecified atom stereocenters. The molecule has 0 aliphatic heterocycles. The maximum atomic E-state index is 6.01. The van der Waals surface area contributed by atoms with Gasteiger partial charge in [0.15, 0.2) is 0 Å². The van der Waals surface area contributed by atoms with Crippen molar-refractivity contribution >= 4 is 5.69 Å². The van der Waals surface area contributed by atoms with Gasteiger partial charge in [0.2, 0.25) is 0 Å². The molecular weight excluding hydrogens is 208 g/mol. The van der Waals surface area contributed by atoms with Crippen LogP contribution in [-0.4, -0.2) is 13.1 Å². The molecule has 0 spiro atoms. The second-order valence-electron chi connectivity index (χ2n) is 4.58. The van der Waals surface area contributed by atoms with Gasteiger partial charge in [0.05, 0.1) is 0 Å². The van der Waals surface area contributed by atoms with Gasteiger partial charge in [-0.05, 0) is 38.0 Å². The Morgan fingerprint density at radius 1 is 1.29 bits per heavy atom. The Bertz CT molecular complexity index is 354. The van der Waals surface area contributed by atoms with Crippen LogP contribution in [0.4, 0.5) is 5.69 Å². The average Bonchev–Trinajstić information content (AvgIpc) is 2.35. The average molecular weight is 232 g/mol. The summed E-state index contributed by atoms with van der Waals surface area (Å²) in [6.07, 6.45) is 0.975. The molecule has 1 rings (SSSR count). The minimum atomic E-state index is 0.153. The minimum Gasteiger partial charge on any atom is -0.368 e. The highest BCUT2D eigenvalue weighted by atomic mass is 15.1. The summed E-state index contributed by atoms with van der Waals surface area (Å²) >= 11 is 0. The number of rotatable bonds is 6. The first kappa shape index (κ1) is 13.8. The quantitative estimate of drug-likeness (QED) is 0.761. The van der Waals surface area contributed by atoms with Crippen LogP contribution >= 0.6 is 0 Å². The number of likely N-dealkylation sites (N-methyl/N-ethyl adjacent to an activating group) is 1. The molecule has 2 heteroatoms. The minimum absolute atomic E-state index is 0.153. The van der Waals surface area contributed by atoms with E-state index in [0.717, 1.165) is 19.5 Å². The monoisotopic (exact) mass is 232 g/mol. The summed E-state index contributed by atoms with van der Waals surface area (Å²) in [5, 5.41) is 0. The number of nitrogens with two attached hydrogens (primary N) is 1. The third kappa shape index (κ3) is 3.90. The summed E-state index contributed by atoms with van der Waals surface area (Å²) in [5.41, 5.74) is 9.64. The normalized spacial score (nSPS) is 12.2. The Hall–Kier alpha value is -1.28. The van der Waals surface area contributed by atoms with Gasteiger partial charge in [0.25, 0.3) is 0 Å². The van der Waals surface area contributed by atoms with E-state index < -0.39 is 0 Å². The Balaban J connectivity index is 2.81. The molecule has 0 saturated heterocycles. The molecule has 2 nitrogen and oxygen atoms in total. The predicted molar refractivity (Wildman–Crippen MR) is 76.4 cm³/mol. The summed E-state index contributed by atoms with van der Waals surface area (Å²) in [4.78, 5) is 2.31. The number of hydrogen-bond donors (Lipinski definition) is 1. The fourth-order valence-corrected chi connectivity index (χ4v) is 1.88. The Morgan fingerprint density at radius 3 is 2.29 bits per heavy atom. The van der Waals surface area contributed by atoms with Crippen LogP contribution in [0.15, 0.2) is 36.4 Å². The molecule has 0 amide bonds. The maximum absolute atomic E-state index is 6.01. The SMILES string of the molecule is C=C(C)CN(CC)c1ccc([C@@H](N)CC)cc1. The molecule has 0 bridgehead atoms. The first-order chi connectivity index (χ1) is 8.08. The zero-order chi connectivity index (χ0) is 12.8. The van der Waals surface area contributed by atoms with E-state index in [4.69, 9.17) is 5.73 Å². The van der Waals surface area contributed by atoms with Crippen LogP contribution in [0.2, 0.25) is 0 Å². The van der Waals surface area contributed by atoms with Crippen molar-refractivity contribution in [1.82, 2.24) is 0 Å². The zero-order valence-electron chi connectivity index (χ0n) is 11.2. The van der Waals surface area contributed by atoms with Crippen molar-refractivity contribution in [3.8, 4) is 0 Å². The number of nitrogens with zero attached hydrogens (tertiary/aromatic N) is 1. The van der Waals surface area contributed by atoms with E-state index in [0.29, 0.717) is 0 Å². The highest BCUT2D eigenvalue weighted by Gasteiger charge is 2.06. The van der Waals surface area contributed by atoms with Crippen LogP contribution in [0.1, 0.15) is 38.8 Å². The highest BCUT2D eigenvalue weighted by Crippen LogP contribution is 2.20. The zero-order valence-corrected chi connectivity index (χ0v) is 11.2. The van der Waals surface area contributed by atoms with Gasteiger partial charge in [-0.1, -0.05) is 31.2 Å². The summed E-state index contributed by atoms with van der Waals surface area (Å²) in [6, 6.07) is 8.71.